The molecule has 0 bridgehead atoms. The molecule has 0 unspecified atom stereocenters. The number of rotatable bonds is 4. The molecule has 4 rings (SSSR count). The molecule has 1 saturated carbocycles. The van der Waals surface area contributed by atoms with Crippen LogP contribution in [0.1, 0.15) is 44.1 Å². The van der Waals surface area contributed by atoms with Gasteiger partial charge in [-0.15, -0.1) is 0 Å². The van der Waals surface area contributed by atoms with Crippen LogP contribution >= 0.6 is 11.6 Å². The largest absolute Gasteiger partial charge is 0.389 e. The Balaban J connectivity index is 1.55. The first-order valence-electron chi connectivity index (χ1n) is 9.84. The Morgan fingerprint density at radius 3 is 2.52 bits per heavy atom. The highest BCUT2D eigenvalue weighted by atomic mass is 35.5. The highest BCUT2D eigenvalue weighted by Crippen LogP contribution is 2.40. The molecule has 1 aliphatic carbocycles. The van der Waals surface area contributed by atoms with Crippen LogP contribution in [0.3, 0.4) is 0 Å². The maximum Gasteiger partial charge on any atom is 0.143 e. The normalized spacial score (nSPS) is 17.7. The lowest BCUT2D eigenvalue weighted by Gasteiger charge is -2.30. The van der Waals surface area contributed by atoms with Crippen LogP contribution in [0.5, 0.6) is 0 Å². The van der Waals surface area contributed by atoms with Gasteiger partial charge in [-0.3, -0.25) is 0 Å². The van der Waals surface area contributed by atoms with E-state index in [1.54, 1.807) is 12.1 Å². The summed E-state index contributed by atoms with van der Waals surface area (Å²) in [5.41, 5.74) is 2.92. The summed E-state index contributed by atoms with van der Waals surface area (Å²) in [7, 11) is 0. The number of hydrogen-bond acceptors (Lipinski definition) is 3. The van der Waals surface area contributed by atoms with E-state index in [1.165, 1.54) is 24.6 Å². The van der Waals surface area contributed by atoms with E-state index in [0.29, 0.717) is 22.0 Å². The van der Waals surface area contributed by atoms with Crippen molar-refractivity contribution in [3.05, 3.63) is 64.8 Å². The van der Waals surface area contributed by atoms with Gasteiger partial charge in [0.1, 0.15) is 22.9 Å². The minimum absolute atomic E-state index is 0.0873. The third-order valence-electron chi connectivity index (χ3n) is 5.77. The van der Waals surface area contributed by atoms with Gasteiger partial charge in [0.15, 0.2) is 0 Å². The Hall–Kier alpha value is -2.40. The number of nitrogens with zero attached hydrogens (tertiary/aromatic N) is 1. The van der Waals surface area contributed by atoms with Gasteiger partial charge < -0.3 is 10.2 Å². The highest BCUT2D eigenvalue weighted by molar-refractivity contribution is 6.34. The van der Waals surface area contributed by atoms with Gasteiger partial charge in [0.05, 0.1) is 22.0 Å². The number of nitrogens with one attached hydrogen (secondary N) is 1. The summed E-state index contributed by atoms with van der Waals surface area (Å²) >= 11 is 6.46. The molecule has 3 nitrogen and oxygen atoms in total. The molecule has 0 atom stereocenters. The zero-order chi connectivity index (χ0) is 20.6. The molecule has 0 amide bonds. The Kier molecular flexibility index (Phi) is 5.34. The second-order valence-electron chi connectivity index (χ2n) is 7.90. The van der Waals surface area contributed by atoms with Crippen molar-refractivity contribution in [2.45, 2.75) is 51.0 Å². The molecule has 0 radical (unpaired) electrons. The number of aryl methyl sites for hydroxylation is 1. The van der Waals surface area contributed by atoms with E-state index >= 15 is 0 Å². The molecule has 1 fully saturated rings. The Morgan fingerprint density at radius 1 is 1.17 bits per heavy atom. The first-order chi connectivity index (χ1) is 13.9. The average Bonchev–Trinajstić information content (AvgIpc) is 3.08. The predicted molar refractivity (Wildman–Crippen MR) is 113 cm³/mol. The van der Waals surface area contributed by atoms with Crippen molar-refractivity contribution in [2.24, 2.45) is 5.16 Å². The minimum Gasteiger partial charge on any atom is -0.389 e. The minimum atomic E-state index is -0.624. The summed E-state index contributed by atoms with van der Waals surface area (Å²) in [6.45, 7) is 5.93. The summed E-state index contributed by atoms with van der Waals surface area (Å²) in [5, 5.41) is 7.85. The van der Waals surface area contributed by atoms with E-state index < -0.39 is 11.6 Å². The average molecular weight is 417 g/mol. The molecule has 1 heterocycles. The smallest absolute Gasteiger partial charge is 0.143 e. The molecule has 0 aromatic heterocycles. The topological polar surface area (TPSA) is 33.6 Å². The van der Waals surface area contributed by atoms with Crippen LogP contribution in [0, 0.1) is 18.6 Å². The van der Waals surface area contributed by atoms with Crippen LogP contribution in [-0.4, -0.2) is 11.3 Å². The Morgan fingerprint density at radius 2 is 1.86 bits per heavy atom. The van der Waals surface area contributed by atoms with Gasteiger partial charge in [-0.2, -0.15) is 0 Å². The fourth-order valence-electron chi connectivity index (χ4n) is 4.19. The molecular formula is C23H23ClF2N2O. The molecular weight excluding hydrogens is 394 g/mol. The quantitative estimate of drug-likeness (QED) is 0.582. The number of allylic oxidation sites excluding steroid dienone is 1. The SMILES string of the molecule is C=C(Nc1c(C)cc(-c2c(F)cccc2F)cc1Cl)C1=NOC2(CCCCC2)C1. The van der Waals surface area contributed by atoms with Crippen molar-refractivity contribution in [3.63, 3.8) is 0 Å². The van der Waals surface area contributed by atoms with Crippen molar-refractivity contribution in [2.75, 3.05) is 5.32 Å². The van der Waals surface area contributed by atoms with Crippen molar-refractivity contribution < 1.29 is 13.6 Å². The van der Waals surface area contributed by atoms with E-state index in [1.807, 2.05) is 6.92 Å². The van der Waals surface area contributed by atoms with Crippen LogP contribution in [0.25, 0.3) is 11.1 Å². The summed E-state index contributed by atoms with van der Waals surface area (Å²) < 4.78 is 28.3. The summed E-state index contributed by atoms with van der Waals surface area (Å²) in [6.07, 6.45) is 6.30. The van der Waals surface area contributed by atoms with E-state index in [-0.39, 0.29) is 11.2 Å². The number of halogens is 3. The van der Waals surface area contributed by atoms with Crippen molar-refractivity contribution in [1.82, 2.24) is 0 Å². The van der Waals surface area contributed by atoms with Gasteiger partial charge in [0.25, 0.3) is 0 Å². The summed E-state index contributed by atoms with van der Waals surface area (Å²) in [4.78, 5) is 5.79. The first-order valence-corrected chi connectivity index (χ1v) is 10.2. The van der Waals surface area contributed by atoms with Crippen LogP contribution in [0.4, 0.5) is 14.5 Å². The molecule has 1 aliphatic heterocycles. The van der Waals surface area contributed by atoms with Gasteiger partial charge in [-0.25, -0.2) is 8.78 Å². The van der Waals surface area contributed by atoms with Crippen molar-refractivity contribution >= 4 is 23.0 Å². The fraction of sp³-hybridized carbons (Fsp3) is 0.348. The van der Waals surface area contributed by atoms with Gasteiger partial charge in [0, 0.05) is 6.42 Å². The standard InChI is InChI=1S/C23H23ClF2N2O/c1-14-11-16(21-18(25)7-6-8-19(21)26)12-17(24)22(14)27-15(2)20-13-23(29-28-20)9-4-3-5-10-23/h6-8,11-12,27H,2-5,9-10,13H2,1H3. The van der Waals surface area contributed by atoms with E-state index in [2.05, 4.69) is 17.1 Å². The second-order valence-corrected chi connectivity index (χ2v) is 8.31. The molecule has 1 spiro atoms. The maximum absolute atomic E-state index is 14.1. The lowest BCUT2D eigenvalue weighted by atomic mass is 9.81. The molecule has 6 heteroatoms. The number of benzene rings is 2. The third kappa shape index (κ3) is 3.88. The fourth-order valence-corrected chi connectivity index (χ4v) is 4.50. The van der Waals surface area contributed by atoms with E-state index in [4.69, 9.17) is 16.4 Å². The van der Waals surface area contributed by atoms with Crippen molar-refractivity contribution in [3.8, 4) is 11.1 Å². The molecule has 1 N–H and O–H groups in total. The zero-order valence-electron chi connectivity index (χ0n) is 16.3. The molecule has 152 valence electrons. The number of oxime groups is 1. The number of hydrogen-bond donors (Lipinski definition) is 1. The van der Waals surface area contributed by atoms with E-state index in [0.717, 1.165) is 43.4 Å². The van der Waals surface area contributed by atoms with Gasteiger partial charge in [-0.1, -0.05) is 35.8 Å². The lowest BCUT2D eigenvalue weighted by Crippen LogP contribution is -2.32. The summed E-state index contributed by atoms with van der Waals surface area (Å²) in [5.74, 6) is -1.25. The Labute approximate surface area is 174 Å². The number of anilines is 1. The first kappa shape index (κ1) is 19.9. The summed E-state index contributed by atoms with van der Waals surface area (Å²) in [6, 6.07) is 7.07. The predicted octanol–water partition coefficient (Wildman–Crippen LogP) is 7.00. The van der Waals surface area contributed by atoms with Gasteiger partial charge in [-0.05, 0) is 68.0 Å². The lowest BCUT2D eigenvalue weighted by molar-refractivity contribution is -0.0449. The van der Waals surface area contributed by atoms with Crippen LogP contribution < -0.4 is 5.32 Å². The third-order valence-corrected chi connectivity index (χ3v) is 6.07. The molecule has 2 aromatic rings. The monoisotopic (exact) mass is 416 g/mol. The van der Waals surface area contributed by atoms with Crippen molar-refractivity contribution in [1.29, 1.82) is 0 Å². The van der Waals surface area contributed by atoms with Crippen LogP contribution in [0.15, 0.2) is 47.8 Å². The van der Waals surface area contributed by atoms with Crippen LogP contribution in [-0.2, 0) is 4.84 Å². The highest BCUT2D eigenvalue weighted by Gasteiger charge is 2.40. The second kappa shape index (κ2) is 7.79. The molecule has 29 heavy (non-hydrogen) atoms. The zero-order valence-corrected chi connectivity index (χ0v) is 17.1. The van der Waals surface area contributed by atoms with Gasteiger partial charge >= 0.3 is 0 Å². The molecule has 2 aromatic carbocycles. The molecule has 0 saturated heterocycles. The van der Waals surface area contributed by atoms with Crippen LogP contribution in [0.2, 0.25) is 5.02 Å². The van der Waals surface area contributed by atoms with Gasteiger partial charge in [0.2, 0.25) is 0 Å². The van der Waals surface area contributed by atoms with E-state index in [9.17, 15) is 8.78 Å². The maximum atomic E-state index is 14.1. The molecule has 2 aliphatic rings. The Bertz CT molecular complexity index is 953.